The summed E-state index contributed by atoms with van der Waals surface area (Å²) in [7, 11) is 0. The van der Waals surface area contributed by atoms with Gasteiger partial charge in [0.15, 0.2) is 0 Å². The van der Waals surface area contributed by atoms with Gasteiger partial charge in [0, 0.05) is 0 Å². The van der Waals surface area contributed by atoms with Gasteiger partial charge in [-0.15, -0.1) is 0 Å². The average molecular weight is 473 g/mol. The first-order valence-electron chi connectivity index (χ1n) is 12.1. The van der Waals surface area contributed by atoms with Gasteiger partial charge in [-0.05, 0) is 60.6 Å². The molecule has 0 N–H and O–H groups in total. The molecule has 35 heavy (non-hydrogen) atoms. The second kappa shape index (κ2) is 15.0. The molecule has 0 fully saturated rings. The third-order valence-corrected chi connectivity index (χ3v) is 4.14. The SMILES string of the molecule is C=Cc1ccc(COCc2ccc(OC(C)(C)C)cc2)cc1.C=Cc1ccccc1.CC(C)(C)C. The Balaban J connectivity index is 0.000000385. The molecule has 0 unspecified atom stereocenters. The van der Waals surface area contributed by atoms with Crippen LogP contribution in [0.5, 0.6) is 5.75 Å². The molecule has 2 nitrogen and oxygen atoms in total. The van der Waals surface area contributed by atoms with Crippen LogP contribution in [0, 0.1) is 5.41 Å². The van der Waals surface area contributed by atoms with Crippen molar-refractivity contribution < 1.29 is 9.47 Å². The number of hydrogen-bond acceptors (Lipinski definition) is 2. The maximum atomic E-state index is 5.80. The lowest BCUT2D eigenvalue weighted by molar-refractivity contribution is 0.107. The number of ether oxygens (including phenoxy) is 2. The third kappa shape index (κ3) is 16.2. The fourth-order valence-electron chi connectivity index (χ4n) is 2.63. The summed E-state index contributed by atoms with van der Waals surface area (Å²) in [5.74, 6) is 0.885. The minimum atomic E-state index is -0.171. The second-order valence-corrected chi connectivity index (χ2v) is 10.9. The Labute approximate surface area is 214 Å². The zero-order valence-corrected chi connectivity index (χ0v) is 22.8. The van der Waals surface area contributed by atoms with E-state index in [1.165, 1.54) is 11.1 Å². The van der Waals surface area contributed by atoms with Crippen molar-refractivity contribution in [1.29, 1.82) is 0 Å². The molecule has 188 valence electrons. The summed E-state index contributed by atoms with van der Waals surface area (Å²) in [5, 5.41) is 0. The van der Waals surface area contributed by atoms with Gasteiger partial charge in [0.1, 0.15) is 11.4 Å². The molecule has 3 aromatic rings. The predicted molar refractivity (Wildman–Crippen MR) is 154 cm³/mol. The summed E-state index contributed by atoms with van der Waals surface area (Å²) < 4.78 is 11.6. The van der Waals surface area contributed by atoms with Gasteiger partial charge in [0.25, 0.3) is 0 Å². The van der Waals surface area contributed by atoms with Crippen molar-refractivity contribution in [2.24, 2.45) is 5.41 Å². The quantitative estimate of drug-likeness (QED) is 0.341. The van der Waals surface area contributed by atoms with Crippen molar-refractivity contribution in [3.05, 3.63) is 114 Å². The van der Waals surface area contributed by atoms with Crippen LogP contribution in [-0.4, -0.2) is 5.60 Å². The second-order valence-electron chi connectivity index (χ2n) is 10.9. The molecule has 0 saturated carbocycles. The van der Waals surface area contributed by atoms with Crippen molar-refractivity contribution >= 4 is 12.2 Å². The summed E-state index contributed by atoms with van der Waals surface area (Å²) in [6, 6.07) is 26.3. The van der Waals surface area contributed by atoms with Crippen molar-refractivity contribution in [1.82, 2.24) is 0 Å². The van der Waals surface area contributed by atoms with E-state index in [0.29, 0.717) is 18.6 Å². The zero-order valence-electron chi connectivity index (χ0n) is 22.8. The van der Waals surface area contributed by atoms with E-state index in [1.54, 1.807) is 0 Å². The van der Waals surface area contributed by atoms with Crippen molar-refractivity contribution in [2.45, 2.75) is 67.3 Å². The van der Waals surface area contributed by atoms with Gasteiger partial charge >= 0.3 is 0 Å². The molecule has 0 aromatic heterocycles. The van der Waals surface area contributed by atoms with E-state index in [4.69, 9.17) is 9.47 Å². The van der Waals surface area contributed by atoms with E-state index >= 15 is 0 Å². The smallest absolute Gasteiger partial charge is 0.120 e. The molecule has 0 aliphatic rings. The highest BCUT2D eigenvalue weighted by molar-refractivity contribution is 5.47. The van der Waals surface area contributed by atoms with Crippen LogP contribution in [0.25, 0.3) is 12.2 Å². The Morgan fingerprint density at radius 2 is 1.00 bits per heavy atom. The average Bonchev–Trinajstić information content (AvgIpc) is 2.80. The molecular formula is C33H44O2. The van der Waals surface area contributed by atoms with Crippen LogP contribution in [0.3, 0.4) is 0 Å². The molecule has 3 rings (SSSR count). The van der Waals surface area contributed by atoms with Gasteiger partial charge in [0.05, 0.1) is 13.2 Å². The zero-order chi connectivity index (χ0) is 26.3. The summed E-state index contributed by atoms with van der Waals surface area (Å²) in [6.45, 7) is 23.5. The van der Waals surface area contributed by atoms with Crippen LogP contribution in [0.15, 0.2) is 92.0 Å². The maximum absolute atomic E-state index is 5.80. The third-order valence-electron chi connectivity index (χ3n) is 4.14. The first-order chi connectivity index (χ1) is 16.4. The standard InChI is InChI=1S/C20H24O2.C8H8.C5H12/c1-5-16-6-8-17(9-7-16)14-21-15-18-10-12-19(13-11-18)22-20(2,3)4;1-2-8-6-4-3-5-7-8;1-5(2,3)4/h5-13H,1,14-15H2,2-4H3;2-7H,1H2;1-4H3. The first kappa shape index (κ1) is 29.9. The van der Waals surface area contributed by atoms with Crippen molar-refractivity contribution in [3.8, 4) is 5.75 Å². The Morgan fingerprint density at radius 3 is 1.37 bits per heavy atom. The van der Waals surface area contributed by atoms with Gasteiger partial charge in [-0.25, -0.2) is 0 Å². The van der Waals surface area contributed by atoms with Crippen LogP contribution in [0.2, 0.25) is 0 Å². The maximum Gasteiger partial charge on any atom is 0.120 e. The molecular weight excluding hydrogens is 428 g/mol. The van der Waals surface area contributed by atoms with Crippen molar-refractivity contribution in [2.75, 3.05) is 0 Å². The first-order valence-corrected chi connectivity index (χ1v) is 12.1. The lowest BCUT2D eigenvalue weighted by Crippen LogP contribution is -2.22. The van der Waals surface area contributed by atoms with E-state index in [1.807, 2.05) is 99.7 Å². The summed E-state index contributed by atoms with van der Waals surface area (Å²) in [6.07, 6.45) is 3.67. The minimum absolute atomic E-state index is 0.171. The fraction of sp³-hybridized carbons (Fsp3) is 0.333. The molecule has 0 aliphatic heterocycles. The highest BCUT2D eigenvalue weighted by Gasteiger charge is 2.11. The minimum Gasteiger partial charge on any atom is -0.488 e. The number of rotatable bonds is 7. The van der Waals surface area contributed by atoms with Crippen LogP contribution in [-0.2, 0) is 18.0 Å². The van der Waals surface area contributed by atoms with E-state index in [2.05, 4.69) is 53.0 Å². The summed E-state index contributed by atoms with van der Waals surface area (Å²) >= 11 is 0. The van der Waals surface area contributed by atoms with Gasteiger partial charge < -0.3 is 9.47 Å². The molecule has 0 heterocycles. The van der Waals surface area contributed by atoms with E-state index in [9.17, 15) is 0 Å². The topological polar surface area (TPSA) is 18.5 Å². The van der Waals surface area contributed by atoms with Crippen LogP contribution >= 0.6 is 0 Å². The molecule has 3 aromatic carbocycles. The van der Waals surface area contributed by atoms with Gasteiger partial charge in [-0.1, -0.05) is 120 Å². The Hall–Kier alpha value is -3.10. The lowest BCUT2D eigenvalue weighted by Gasteiger charge is -2.21. The van der Waals surface area contributed by atoms with Crippen LogP contribution < -0.4 is 4.74 Å². The summed E-state index contributed by atoms with van der Waals surface area (Å²) in [5.41, 5.74) is 4.93. The molecule has 0 saturated heterocycles. The van der Waals surface area contributed by atoms with Gasteiger partial charge in [-0.3, -0.25) is 0 Å². The normalized spacial score (nSPS) is 10.7. The largest absolute Gasteiger partial charge is 0.488 e. The highest BCUT2D eigenvalue weighted by Crippen LogP contribution is 2.19. The molecule has 0 atom stereocenters. The fourth-order valence-corrected chi connectivity index (χ4v) is 2.63. The Bertz CT molecular complexity index is 965. The van der Waals surface area contributed by atoms with Gasteiger partial charge in [-0.2, -0.15) is 0 Å². The molecule has 2 heteroatoms. The van der Waals surface area contributed by atoms with Gasteiger partial charge in [0.2, 0.25) is 0 Å². The number of benzene rings is 3. The van der Waals surface area contributed by atoms with Crippen LogP contribution in [0.1, 0.15) is 70.7 Å². The predicted octanol–water partition coefficient (Wildman–Crippen LogP) is 9.61. The Morgan fingerprint density at radius 1 is 0.600 bits per heavy atom. The van der Waals surface area contributed by atoms with E-state index in [0.717, 1.165) is 16.9 Å². The molecule has 0 amide bonds. The monoisotopic (exact) mass is 472 g/mol. The lowest BCUT2D eigenvalue weighted by atomic mass is 10.0. The van der Waals surface area contributed by atoms with Crippen LogP contribution in [0.4, 0.5) is 0 Å². The highest BCUT2D eigenvalue weighted by atomic mass is 16.5. The summed E-state index contributed by atoms with van der Waals surface area (Å²) in [4.78, 5) is 0. The number of hydrogen-bond donors (Lipinski definition) is 0. The van der Waals surface area contributed by atoms with Crippen molar-refractivity contribution in [3.63, 3.8) is 0 Å². The molecule has 0 bridgehead atoms. The molecule has 0 radical (unpaired) electrons. The van der Waals surface area contributed by atoms with E-state index in [-0.39, 0.29) is 5.60 Å². The molecule has 0 aliphatic carbocycles. The van der Waals surface area contributed by atoms with E-state index < -0.39 is 0 Å². The molecule has 0 spiro atoms. The Kier molecular flexibility index (Phi) is 12.8.